The summed E-state index contributed by atoms with van der Waals surface area (Å²) in [5, 5.41) is 4.25. The fourth-order valence-electron chi connectivity index (χ4n) is 4.25. The number of carbonyl (C=O) groups excluding carboxylic acids is 1. The van der Waals surface area contributed by atoms with E-state index in [-0.39, 0.29) is 36.6 Å². The summed E-state index contributed by atoms with van der Waals surface area (Å²) in [6.45, 7) is 4.80. The number of thiazole rings is 1. The third kappa shape index (κ3) is 4.84. The lowest BCUT2D eigenvalue weighted by atomic mass is 9.65. The molecule has 7 heteroatoms. The molecule has 2 atom stereocenters. The van der Waals surface area contributed by atoms with Gasteiger partial charge in [0, 0.05) is 29.8 Å². The van der Waals surface area contributed by atoms with Crippen LogP contribution in [0.5, 0.6) is 0 Å². The molecule has 2 aliphatic rings. The minimum atomic E-state index is 0. The Morgan fingerprint density at radius 2 is 1.88 bits per heavy atom. The summed E-state index contributed by atoms with van der Waals surface area (Å²) in [7, 11) is 0. The molecule has 4 nitrogen and oxygen atoms in total. The van der Waals surface area contributed by atoms with Gasteiger partial charge in [0.15, 0.2) is 0 Å². The Bertz CT molecular complexity index is 538. The Morgan fingerprint density at radius 3 is 2.42 bits per heavy atom. The standard InChI is InChI=1S/C17H27N3OS.2ClH/c1-10-15(22-11(2)20-10)6-7-19-17(21)14-8-12-4-3-5-13(9-14)16(12)18;;/h12-14,16H,3-9,18H2,1-2H3,(H,19,21);2*1H. The van der Waals surface area contributed by atoms with E-state index < -0.39 is 0 Å². The van der Waals surface area contributed by atoms with Crippen molar-refractivity contribution in [3.05, 3.63) is 15.6 Å². The first-order valence-corrected chi connectivity index (χ1v) is 9.32. The number of hydrogen-bond donors (Lipinski definition) is 2. The van der Waals surface area contributed by atoms with Crippen LogP contribution in [0.4, 0.5) is 0 Å². The van der Waals surface area contributed by atoms with Gasteiger partial charge in [-0.25, -0.2) is 4.98 Å². The molecule has 0 aliphatic heterocycles. The number of nitrogens with two attached hydrogens (primary N) is 1. The summed E-state index contributed by atoms with van der Waals surface area (Å²) >= 11 is 1.74. The number of nitrogens with one attached hydrogen (secondary N) is 1. The molecule has 24 heavy (non-hydrogen) atoms. The fraction of sp³-hybridized carbons (Fsp3) is 0.765. The van der Waals surface area contributed by atoms with Crippen molar-refractivity contribution < 1.29 is 4.79 Å². The molecule has 2 aliphatic carbocycles. The van der Waals surface area contributed by atoms with Crippen molar-refractivity contribution in [2.75, 3.05) is 6.54 Å². The molecule has 1 heterocycles. The van der Waals surface area contributed by atoms with Gasteiger partial charge in [-0.05, 0) is 51.4 Å². The first kappa shape index (κ1) is 21.7. The molecule has 3 rings (SSSR count). The molecule has 138 valence electrons. The SMILES string of the molecule is Cc1nc(C)c(CCNC(=O)C2CC3CCCC(C2)C3N)s1.Cl.Cl. The van der Waals surface area contributed by atoms with Gasteiger partial charge in [-0.15, -0.1) is 36.2 Å². The maximum Gasteiger partial charge on any atom is 0.223 e. The van der Waals surface area contributed by atoms with Gasteiger partial charge >= 0.3 is 0 Å². The van der Waals surface area contributed by atoms with E-state index in [0.29, 0.717) is 17.9 Å². The van der Waals surface area contributed by atoms with Crippen molar-refractivity contribution in [2.45, 2.75) is 58.4 Å². The molecule has 2 fully saturated rings. The highest BCUT2D eigenvalue weighted by Crippen LogP contribution is 2.41. The third-order valence-corrected chi connectivity index (χ3v) is 6.57. The van der Waals surface area contributed by atoms with Gasteiger partial charge < -0.3 is 11.1 Å². The Labute approximate surface area is 161 Å². The van der Waals surface area contributed by atoms with Gasteiger partial charge in [0.25, 0.3) is 0 Å². The predicted molar refractivity (Wildman–Crippen MR) is 104 cm³/mol. The molecule has 1 aromatic rings. The Hall–Kier alpha value is -0.360. The van der Waals surface area contributed by atoms with E-state index in [4.69, 9.17) is 5.73 Å². The second-order valence-electron chi connectivity index (χ2n) is 6.98. The van der Waals surface area contributed by atoms with Crippen molar-refractivity contribution in [1.82, 2.24) is 10.3 Å². The maximum absolute atomic E-state index is 12.5. The van der Waals surface area contributed by atoms with Gasteiger partial charge in [0.2, 0.25) is 5.91 Å². The van der Waals surface area contributed by atoms with Gasteiger partial charge in [-0.3, -0.25) is 4.79 Å². The van der Waals surface area contributed by atoms with Crippen LogP contribution in [-0.4, -0.2) is 23.5 Å². The number of rotatable bonds is 4. The molecule has 3 N–H and O–H groups in total. The van der Waals surface area contributed by atoms with E-state index in [1.54, 1.807) is 11.3 Å². The maximum atomic E-state index is 12.5. The van der Waals surface area contributed by atoms with E-state index in [1.165, 1.54) is 24.1 Å². The minimum Gasteiger partial charge on any atom is -0.355 e. The highest BCUT2D eigenvalue weighted by atomic mass is 35.5. The van der Waals surface area contributed by atoms with Crippen LogP contribution in [0.1, 0.15) is 47.7 Å². The summed E-state index contributed by atoms with van der Waals surface area (Å²) in [6, 6.07) is 0.334. The van der Waals surface area contributed by atoms with Crippen molar-refractivity contribution in [2.24, 2.45) is 23.5 Å². The number of aromatic nitrogens is 1. The zero-order chi connectivity index (χ0) is 15.7. The van der Waals surface area contributed by atoms with Gasteiger partial charge in [0.1, 0.15) is 0 Å². The molecule has 0 aromatic carbocycles. The largest absolute Gasteiger partial charge is 0.355 e. The number of hydrogen-bond acceptors (Lipinski definition) is 4. The van der Waals surface area contributed by atoms with Crippen molar-refractivity contribution in [3.63, 3.8) is 0 Å². The molecular formula is C17H29Cl2N3OS. The quantitative estimate of drug-likeness (QED) is 0.822. The van der Waals surface area contributed by atoms with Crippen molar-refractivity contribution >= 4 is 42.1 Å². The zero-order valence-electron chi connectivity index (χ0n) is 14.4. The smallest absolute Gasteiger partial charge is 0.223 e. The summed E-state index contributed by atoms with van der Waals surface area (Å²) in [5.74, 6) is 1.55. The molecule has 0 radical (unpaired) electrons. The lowest BCUT2D eigenvalue weighted by molar-refractivity contribution is -0.127. The number of halogens is 2. The molecular weight excluding hydrogens is 365 g/mol. The average Bonchev–Trinajstić information content (AvgIpc) is 2.76. The number of aryl methyl sites for hydroxylation is 2. The summed E-state index contributed by atoms with van der Waals surface area (Å²) < 4.78 is 0. The average molecular weight is 394 g/mol. The van der Waals surface area contributed by atoms with Crippen LogP contribution in [0.25, 0.3) is 0 Å². The second kappa shape index (κ2) is 9.37. The topological polar surface area (TPSA) is 68.0 Å². The van der Waals surface area contributed by atoms with Crippen molar-refractivity contribution in [3.8, 4) is 0 Å². The van der Waals surface area contributed by atoms with Crippen molar-refractivity contribution in [1.29, 1.82) is 0 Å². The molecule has 2 saturated carbocycles. The van der Waals surface area contributed by atoms with E-state index >= 15 is 0 Å². The minimum absolute atomic E-state index is 0. The monoisotopic (exact) mass is 393 g/mol. The van der Waals surface area contributed by atoms with Crippen LogP contribution in [0.3, 0.4) is 0 Å². The molecule has 1 amide bonds. The fourth-order valence-corrected chi connectivity index (χ4v) is 5.19. The van der Waals surface area contributed by atoms with Gasteiger partial charge in [0.05, 0.1) is 10.7 Å². The first-order valence-electron chi connectivity index (χ1n) is 8.50. The highest BCUT2D eigenvalue weighted by Gasteiger charge is 2.40. The molecule has 2 unspecified atom stereocenters. The van der Waals surface area contributed by atoms with E-state index in [9.17, 15) is 4.79 Å². The number of amides is 1. The second-order valence-corrected chi connectivity index (χ2v) is 8.27. The molecule has 0 spiro atoms. The lowest BCUT2D eigenvalue weighted by Gasteiger charge is -2.43. The van der Waals surface area contributed by atoms with Crippen LogP contribution in [0, 0.1) is 31.6 Å². The third-order valence-electron chi connectivity index (χ3n) is 5.43. The Kier molecular flexibility index (Phi) is 8.46. The number of carbonyl (C=O) groups is 1. The summed E-state index contributed by atoms with van der Waals surface area (Å²) in [5.41, 5.74) is 7.41. The van der Waals surface area contributed by atoms with E-state index in [0.717, 1.165) is 36.5 Å². The van der Waals surface area contributed by atoms with Gasteiger partial charge in [-0.1, -0.05) is 6.42 Å². The lowest BCUT2D eigenvalue weighted by Crippen LogP contribution is -2.49. The molecule has 0 saturated heterocycles. The van der Waals surface area contributed by atoms with E-state index in [2.05, 4.69) is 10.3 Å². The van der Waals surface area contributed by atoms with Crippen LogP contribution in [0.2, 0.25) is 0 Å². The van der Waals surface area contributed by atoms with Crippen LogP contribution < -0.4 is 11.1 Å². The highest BCUT2D eigenvalue weighted by molar-refractivity contribution is 7.11. The van der Waals surface area contributed by atoms with Crippen LogP contribution >= 0.6 is 36.2 Å². The number of nitrogens with zero attached hydrogens (tertiary/aromatic N) is 1. The number of fused-ring (bicyclic) bond motifs is 2. The van der Waals surface area contributed by atoms with E-state index in [1.807, 2.05) is 13.8 Å². The molecule has 2 bridgehead atoms. The summed E-state index contributed by atoms with van der Waals surface area (Å²) in [6.07, 6.45) is 6.58. The Balaban J connectivity index is 0.00000144. The van der Waals surface area contributed by atoms with Crippen LogP contribution in [0.15, 0.2) is 0 Å². The Morgan fingerprint density at radius 1 is 1.25 bits per heavy atom. The predicted octanol–water partition coefficient (Wildman–Crippen LogP) is 3.42. The first-order chi connectivity index (χ1) is 10.5. The summed E-state index contributed by atoms with van der Waals surface area (Å²) in [4.78, 5) is 18.2. The zero-order valence-corrected chi connectivity index (χ0v) is 16.9. The van der Waals surface area contributed by atoms with Gasteiger partial charge in [-0.2, -0.15) is 0 Å². The molecule has 1 aromatic heterocycles. The van der Waals surface area contributed by atoms with Crippen LogP contribution in [-0.2, 0) is 11.2 Å². The normalized spacial score (nSPS) is 28.5.